The molecule has 210 valence electrons. The normalized spacial score (nSPS) is 12.7. The predicted molar refractivity (Wildman–Crippen MR) is 162 cm³/mol. The number of benzene rings is 4. The van der Waals surface area contributed by atoms with Crippen LogP contribution >= 0.6 is 0 Å². The molecule has 1 aliphatic rings. The van der Waals surface area contributed by atoms with Crippen molar-refractivity contribution in [3.8, 4) is 0 Å². The summed E-state index contributed by atoms with van der Waals surface area (Å²) in [5, 5.41) is 6.18. The first-order valence-electron chi connectivity index (χ1n) is 13.6. The molecule has 0 saturated carbocycles. The zero-order chi connectivity index (χ0) is 27.0. The first kappa shape index (κ1) is 35.4. The third-order valence-electron chi connectivity index (χ3n) is 7.84. The third kappa shape index (κ3) is 7.22. The van der Waals surface area contributed by atoms with E-state index in [1.165, 1.54) is 58.4 Å². The summed E-state index contributed by atoms with van der Waals surface area (Å²) in [4.78, 5) is 0. The smallest absolute Gasteiger partial charge is 1.00 e. The van der Waals surface area contributed by atoms with Gasteiger partial charge in [0, 0.05) is 0 Å². The molecule has 0 saturated heterocycles. The van der Waals surface area contributed by atoms with Gasteiger partial charge < -0.3 is 37.2 Å². The Morgan fingerprint density at radius 3 is 1.29 bits per heavy atom. The van der Waals surface area contributed by atoms with Gasteiger partial charge in [-0.25, -0.2) is 0 Å². The van der Waals surface area contributed by atoms with Crippen LogP contribution in [0.3, 0.4) is 0 Å². The summed E-state index contributed by atoms with van der Waals surface area (Å²) < 4.78 is 1.44. The van der Waals surface area contributed by atoms with Gasteiger partial charge >= 0.3 is 243 Å². The van der Waals surface area contributed by atoms with E-state index in [4.69, 9.17) is 0 Å². The van der Waals surface area contributed by atoms with Crippen molar-refractivity contribution in [1.82, 2.24) is 0 Å². The molecule has 0 bridgehead atoms. The van der Waals surface area contributed by atoms with Gasteiger partial charge in [-0.2, -0.15) is 0 Å². The van der Waals surface area contributed by atoms with E-state index in [0.29, 0.717) is 0 Å². The average Bonchev–Trinajstić information content (AvgIpc) is 3.19. The fraction of sp³-hybridized carbons (Fsp3) is 0.222. The molecule has 5 rings (SSSR count). The van der Waals surface area contributed by atoms with E-state index in [1.54, 1.807) is 10.8 Å². The van der Waals surface area contributed by atoms with Gasteiger partial charge in [0.1, 0.15) is 0 Å². The summed E-state index contributed by atoms with van der Waals surface area (Å²) in [5.41, 5.74) is 11.0. The zero-order valence-corrected chi connectivity index (χ0v) is 29.5. The van der Waals surface area contributed by atoms with Crippen LogP contribution in [0.5, 0.6) is 0 Å². The largest absolute Gasteiger partial charge is 1.00 e. The van der Waals surface area contributed by atoms with Crippen molar-refractivity contribution in [2.45, 2.75) is 54.4 Å². The fourth-order valence-corrected chi connectivity index (χ4v) is 13.1. The molecule has 0 nitrogen and oxygen atoms in total. The van der Waals surface area contributed by atoms with E-state index in [-0.39, 0.29) is 37.2 Å². The van der Waals surface area contributed by atoms with Gasteiger partial charge in [0.05, 0.1) is 0 Å². The Bertz CT molecular complexity index is 1400. The van der Waals surface area contributed by atoms with E-state index >= 15 is 0 Å². The van der Waals surface area contributed by atoms with Gasteiger partial charge in [0.25, 0.3) is 0 Å². The molecule has 0 heterocycles. The topological polar surface area (TPSA) is 0 Å². The van der Waals surface area contributed by atoms with Crippen LogP contribution in [0, 0.1) is 41.5 Å². The molecule has 0 spiro atoms. The van der Waals surface area contributed by atoms with E-state index in [2.05, 4.69) is 153 Å². The molecule has 0 amide bonds. The second-order valence-corrected chi connectivity index (χ2v) is 16.0. The summed E-state index contributed by atoms with van der Waals surface area (Å²) in [5.74, 6) is 0. The summed E-state index contributed by atoms with van der Waals surface area (Å²) in [6, 6.07) is 33.0. The molecule has 0 aromatic heterocycles. The molecular weight excluding hydrogens is 615 g/mol. The van der Waals surface area contributed by atoms with Crippen LogP contribution in [-0.2, 0) is 26.9 Å². The Balaban J connectivity index is 0.00000196. The number of hydrogen-bond acceptors (Lipinski definition) is 0. The first-order chi connectivity index (χ1) is 18.2. The quantitative estimate of drug-likeness (QED) is 0.166. The third-order valence-corrected chi connectivity index (χ3v) is 13.5. The first-order valence-corrected chi connectivity index (χ1v) is 16.4. The maximum absolute atomic E-state index is 2.61. The molecule has 5 heteroatoms. The van der Waals surface area contributed by atoms with Crippen LogP contribution in [0.15, 0.2) is 106 Å². The average molecular weight is 652 g/mol. The second kappa shape index (κ2) is 14.6. The molecule has 0 unspecified atom stereocenters. The van der Waals surface area contributed by atoms with Crippen LogP contribution in [0.25, 0.3) is 0 Å². The molecule has 0 aliphatic heterocycles. The molecule has 4 aromatic carbocycles. The predicted octanol–water partition coefficient (Wildman–Crippen LogP) is -2.07. The van der Waals surface area contributed by atoms with Gasteiger partial charge in [-0.3, -0.25) is 0 Å². The number of aryl methyl sites for hydroxylation is 6. The Labute approximate surface area is 278 Å². The van der Waals surface area contributed by atoms with Crippen LogP contribution < -0.4 is 52.8 Å². The maximum atomic E-state index is 2.50. The molecule has 0 N–H and O–H groups in total. The van der Waals surface area contributed by atoms with E-state index in [0.717, 1.165) is 12.8 Å². The standard InChI is InChI=1S/C36H37Si.3ClH.Ti/c1-25-15-26(2)19-33(18-25)37(34-20-27(3)16-28(4)21-34,35-22-29(5)17-30(6)23-35)36-14-10-13-32(36)24-31-11-8-7-9-12-31;;;;/h7-12,15-23H,14,24H2,1-6H3;3*1H;/q;;;;+3/p-3. The molecule has 1 aliphatic carbocycles. The van der Waals surface area contributed by atoms with Crippen molar-refractivity contribution in [3.05, 3.63) is 145 Å². The van der Waals surface area contributed by atoms with E-state index < -0.39 is 8.07 Å². The minimum atomic E-state index is -2.61. The number of allylic oxidation sites excluding steroid dienone is 4. The van der Waals surface area contributed by atoms with Crippen molar-refractivity contribution in [3.63, 3.8) is 0 Å². The van der Waals surface area contributed by atoms with Crippen molar-refractivity contribution in [2.75, 3.05) is 0 Å². The zero-order valence-electron chi connectivity index (χ0n) is 24.7. The summed E-state index contributed by atoms with van der Waals surface area (Å²) >= 11 is 2.33. The van der Waals surface area contributed by atoms with Crippen LogP contribution in [0.1, 0.15) is 45.4 Å². The molecular formula is C36H37Cl3SiTi. The molecule has 0 radical (unpaired) electrons. The fourth-order valence-electron chi connectivity index (χ4n) is 6.59. The van der Waals surface area contributed by atoms with Crippen LogP contribution in [0.4, 0.5) is 0 Å². The summed E-state index contributed by atoms with van der Waals surface area (Å²) in [6.45, 7) is 13.6. The summed E-state index contributed by atoms with van der Waals surface area (Å²) in [6.07, 6.45) is 4.49. The van der Waals surface area contributed by atoms with Crippen molar-refractivity contribution in [2.24, 2.45) is 0 Å². The minimum Gasteiger partial charge on any atom is -1.00 e. The Morgan fingerprint density at radius 2 is 0.927 bits per heavy atom. The van der Waals surface area contributed by atoms with Crippen molar-refractivity contribution >= 4 is 23.6 Å². The molecule has 4 aromatic rings. The molecule has 0 fully saturated rings. The van der Waals surface area contributed by atoms with Crippen molar-refractivity contribution in [1.29, 1.82) is 0 Å². The van der Waals surface area contributed by atoms with Gasteiger partial charge in [0.15, 0.2) is 0 Å². The monoisotopic (exact) mass is 650 g/mol. The van der Waals surface area contributed by atoms with Gasteiger partial charge in [-0.05, 0) is 0 Å². The Morgan fingerprint density at radius 1 is 0.561 bits per heavy atom. The van der Waals surface area contributed by atoms with Gasteiger partial charge in [-0.15, -0.1) is 0 Å². The van der Waals surface area contributed by atoms with Gasteiger partial charge in [0.2, 0.25) is 0 Å². The second-order valence-electron chi connectivity index (χ2n) is 11.3. The minimum absolute atomic E-state index is 0. The van der Waals surface area contributed by atoms with E-state index in [9.17, 15) is 0 Å². The molecule has 0 atom stereocenters. The SMILES string of the molecule is Cc1cc(C)cc([Si](C2=C(Cc3ccccc3)[C]([Ti+3])=CC2)(c2cc(C)cc(C)c2)c2cc(C)cc(C)c2)c1.[Cl-].[Cl-].[Cl-]. The van der Waals surface area contributed by atoms with Crippen LogP contribution in [0.2, 0.25) is 0 Å². The van der Waals surface area contributed by atoms with Crippen molar-refractivity contribution < 1.29 is 57.7 Å². The summed E-state index contributed by atoms with van der Waals surface area (Å²) in [7, 11) is -2.61. The Hall–Kier alpha value is -1.84. The van der Waals surface area contributed by atoms with Gasteiger partial charge in [-0.1, -0.05) is 0 Å². The number of halogens is 3. The Kier molecular flexibility index (Phi) is 12.6. The maximum Gasteiger partial charge on any atom is -1.00 e. The number of rotatable bonds is 6. The van der Waals surface area contributed by atoms with E-state index in [1.807, 2.05) is 0 Å². The van der Waals surface area contributed by atoms with Crippen LogP contribution in [-0.4, -0.2) is 8.07 Å². The number of hydrogen-bond donors (Lipinski definition) is 0. The molecule has 41 heavy (non-hydrogen) atoms.